The average Bonchev–Trinajstić information content (AvgIpc) is 3.11. The van der Waals surface area contributed by atoms with Gasteiger partial charge in [-0.15, -0.1) is 0 Å². The Labute approximate surface area is 327 Å². The first-order chi connectivity index (χ1) is 26.4. The Morgan fingerprint density at radius 3 is 1.45 bits per heavy atom. The number of aromatic nitrogens is 7. The summed E-state index contributed by atoms with van der Waals surface area (Å²) >= 11 is 11.7. The van der Waals surface area contributed by atoms with Crippen molar-refractivity contribution in [3.8, 4) is 0 Å². The Balaban J connectivity index is 1.25. The molecule has 3 aromatic heterocycles. The van der Waals surface area contributed by atoms with Gasteiger partial charge >= 0.3 is 0 Å². The Kier molecular flexibility index (Phi) is 16.2. The monoisotopic (exact) mass is 802 g/mol. The van der Waals surface area contributed by atoms with Crippen LogP contribution in [0.2, 0.25) is 10.3 Å². The summed E-state index contributed by atoms with van der Waals surface area (Å²) in [6.45, 7) is 1.78. The topological polar surface area (TPSA) is 365 Å². The first kappa shape index (κ1) is 42.0. The van der Waals surface area contributed by atoms with Gasteiger partial charge in [0.25, 0.3) is 11.8 Å². The van der Waals surface area contributed by atoms with Gasteiger partial charge in [0.15, 0.2) is 56.9 Å². The van der Waals surface area contributed by atoms with Gasteiger partial charge in [-0.25, -0.2) is 19.9 Å². The van der Waals surface area contributed by atoms with Gasteiger partial charge in [0.05, 0.1) is 0 Å². The van der Waals surface area contributed by atoms with Gasteiger partial charge in [0, 0.05) is 32.2 Å². The van der Waals surface area contributed by atoms with Crippen LogP contribution in [0.3, 0.4) is 0 Å². The van der Waals surface area contributed by atoms with Crippen LogP contribution >= 0.6 is 23.2 Å². The van der Waals surface area contributed by atoms with Crippen molar-refractivity contribution in [1.29, 1.82) is 0 Å². The van der Waals surface area contributed by atoms with Gasteiger partial charge in [-0.2, -0.15) is 15.0 Å². The molecule has 0 aromatic carbocycles. The maximum Gasteiger partial charge on any atom is 0.280 e. The van der Waals surface area contributed by atoms with Crippen molar-refractivity contribution in [2.24, 2.45) is 21.5 Å². The number of carbonyl (C=O) groups excluding carboxylic acids is 2. The van der Waals surface area contributed by atoms with E-state index in [0.717, 1.165) is 25.7 Å². The van der Waals surface area contributed by atoms with Gasteiger partial charge in [-0.05, 0) is 38.5 Å². The molecule has 0 saturated heterocycles. The molecule has 24 heteroatoms. The van der Waals surface area contributed by atoms with Gasteiger partial charge in [0.1, 0.15) is 0 Å². The molecular weight excluding hydrogens is 755 g/mol. The molecule has 1 aliphatic carbocycles. The highest BCUT2D eigenvalue weighted by Crippen LogP contribution is 2.21. The van der Waals surface area contributed by atoms with Crippen LogP contribution in [-0.2, 0) is 0 Å². The van der Waals surface area contributed by atoms with E-state index in [1.165, 1.54) is 19.3 Å². The molecule has 3 aromatic rings. The maximum absolute atomic E-state index is 12.5. The van der Waals surface area contributed by atoms with Gasteiger partial charge in [0.2, 0.25) is 17.8 Å². The standard InChI is InChI=1S/C31H48Cl2N20O2/c32-19-23(36)47-21(34)17(45-19)25(54)49-27(38)40-12-6-8-14-42-29-51-30(53-31(52-29)44-16-10-4-2-1-3-5-11-16)43-15-9-7-13-41-28(39)50-26(55)18-22(35)48-24(37)20(33)46-18/h16H,1-15H2,(H4,34,36,47)(H4,35,37,48)(H3,38,40,49,54)(H3,39,41,50,55)(H3,42,43,44,51,52,53). The number of halogens is 2. The first-order valence-electron chi connectivity index (χ1n) is 17.8. The largest absolute Gasteiger partial charge is 0.382 e. The number of nitrogen functional groups attached to an aromatic ring is 4. The predicted molar refractivity (Wildman–Crippen MR) is 215 cm³/mol. The number of carbonyl (C=O) groups is 2. The smallest absolute Gasteiger partial charge is 0.280 e. The molecule has 3 heterocycles. The number of anilines is 7. The van der Waals surface area contributed by atoms with Crippen molar-refractivity contribution in [3.05, 3.63) is 21.7 Å². The van der Waals surface area contributed by atoms with E-state index < -0.39 is 11.8 Å². The molecule has 0 atom stereocenters. The zero-order chi connectivity index (χ0) is 39.7. The first-order valence-corrected chi connectivity index (χ1v) is 18.5. The Hall–Kier alpha value is -5.77. The minimum Gasteiger partial charge on any atom is -0.382 e. The average molecular weight is 804 g/mol. The number of unbranched alkanes of at least 4 members (excludes halogenated alkanes) is 2. The van der Waals surface area contributed by atoms with Crippen LogP contribution in [0.4, 0.5) is 41.1 Å². The van der Waals surface area contributed by atoms with E-state index in [0.29, 0.717) is 69.7 Å². The summed E-state index contributed by atoms with van der Waals surface area (Å²) in [6, 6.07) is 0.275. The SMILES string of the molecule is NC(=NCCCCNc1nc(NCCCCN=C(N)NC(=O)c2nc(Cl)c(N)nc2N)nc(NC2CCCCCCC2)n1)NC(=O)c1nc(Cl)c(N)nc1N. The minimum absolute atomic E-state index is 0.0876. The van der Waals surface area contributed by atoms with Crippen LogP contribution in [0.5, 0.6) is 0 Å². The van der Waals surface area contributed by atoms with Crippen molar-refractivity contribution in [2.45, 2.75) is 76.7 Å². The molecule has 2 amide bonds. The zero-order valence-corrected chi connectivity index (χ0v) is 31.8. The van der Waals surface area contributed by atoms with Crippen molar-refractivity contribution < 1.29 is 9.59 Å². The molecule has 4 rings (SSSR count). The molecule has 1 saturated carbocycles. The zero-order valence-electron chi connectivity index (χ0n) is 30.2. The van der Waals surface area contributed by atoms with Gasteiger partial charge in [-0.3, -0.25) is 30.2 Å². The van der Waals surface area contributed by atoms with E-state index in [-0.39, 0.29) is 62.9 Å². The second-order valence-electron chi connectivity index (χ2n) is 12.5. The molecule has 0 bridgehead atoms. The highest BCUT2D eigenvalue weighted by molar-refractivity contribution is 6.32. The van der Waals surface area contributed by atoms with Crippen molar-refractivity contribution in [2.75, 3.05) is 65.1 Å². The second kappa shape index (κ2) is 21.2. The molecule has 22 nitrogen and oxygen atoms in total. The van der Waals surface area contributed by atoms with E-state index in [2.05, 4.69) is 71.5 Å². The Bertz CT molecular complexity index is 1720. The number of rotatable bonds is 16. The lowest BCUT2D eigenvalue weighted by Gasteiger charge is -2.21. The lowest BCUT2D eigenvalue weighted by atomic mass is 9.97. The third-order valence-electron chi connectivity index (χ3n) is 8.10. The summed E-state index contributed by atoms with van der Waals surface area (Å²) in [5.41, 5.74) is 33.9. The normalized spacial score (nSPS) is 14.1. The molecule has 17 N–H and O–H groups in total. The fraction of sp³-hybridized carbons (Fsp3) is 0.516. The number of amides is 2. The van der Waals surface area contributed by atoms with E-state index in [1.54, 1.807) is 0 Å². The fourth-order valence-corrected chi connectivity index (χ4v) is 5.56. The van der Waals surface area contributed by atoms with E-state index in [4.69, 9.17) is 57.6 Å². The van der Waals surface area contributed by atoms with Crippen molar-refractivity contribution in [1.82, 2.24) is 45.5 Å². The highest BCUT2D eigenvalue weighted by atomic mass is 35.5. The lowest BCUT2D eigenvalue weighted by molar-refractivity contribution is 0.0964. The summed E-state index contributed by atoms with van der Waals surface area (Å²) in [5, 5.41) is 14.6. The summed E-state index contributed by atoms with van der Waals surface area (Å²) in [6.07, 6.45) is 10.8. The molecule has 0 aliphatic heterocycles. The fourth-order valence-electron chi connectivity index (χ4n) is 5.30. The molecule has 55 heavy (non-hydrogen) atoms. The van der Waals surface area contributed by atoms with Crippen LogP contribution in [0, 0.1) is 0 Å². The van der Waals surface area contributed by atoms with Crippen molar-refractivity contribution >= 4 is 88.1 Å². The molecule has 0 unspecified atom stereocenters. The van der Waals surface area contributed by atoms with Gasteiger partial charge < -0.3 is 50.4 Å². The highest BCUT2D eigenvalue weighted by Gasteiger charge is 2.18. The van der Waals surface area contributed by atoms with E-state index >= 15 is 0 Å². The summed E-state index contributed by atoms with van der Waals surface area (Å²) < 4.78 is 0. The van der Waals surface area contributed by atoms with Gasteiger partial charge in [-0.1, -0.05) is 55.3 Å². The molecule has 1 fully saturated rings. The Morgan fingerprint density at radius 2 is 1.00 bits per heavy atom. The quantitative estimate of drug-likeness (QED) is 0.0555. The van der Waals surface area contributed by atoms with E-state index in [9.17, 15) is 9.59 Å². The van der Waals surface area contributed by atoms with Crippen LogP contribution < -0.4 is 61.0 Å². The third-order valence-corrected chi connectivity index (χ3v) is 8.65. The number of nitrogens with one attached hydrogen (secondary N) is 5. The minimum atomic E-state index is -0.707. The summed E-state index contributed by atoms with van der Waals surface area (Å²) in [5.74, 6) is -0.828. The molecule has 0 radical (unpaired) electrons. The predicted octanol–water partition coefficient (Wildman–Crippen LogP) is 1.49. The molecular formula is C31H48Cl2N20O2. The molecule has 1 aliphatic rings. The number of aliphatic imine (C=N–C) groups is 2. The summed E-state index contributed by atoms with van der Waals surface area (Å²) in [4.78, 5) is 62.4. The molecule has 0 spiro atoms. The van der Waals surface area contributed by atoms with E-state index in [1.807, 2.05) is 0 Å². The van der Waals surface area contributed by atoms with Crippen LogP contribution in [0.15, 0.2) is 9.98 Å². The number of guanidine groups is 2. The summed E-state index contributed by atoms with van der Waals surface area (Å²) in [7, 11) is 0. The number of nitrogens with zero attached hydrogens (tertiary/aromatic N) is 9. The van der Waals surface area contributed by atoms with Crippen molar-refractivity contribution in [3.63, 3.8) is 0 Å². The van der Waals surface area contributed by atoms with Crippen LogP contribution in [-0.4, -0.2) is 90.8 Å². The number of nitrogens with two attached hydrogens (primary N) is 6. The third kappa shape index (κ3) is 13.9. The maximum atomic E-state index is 12.5. The Morgan fingerprint density at radius 1 is 0.582 bits per heavy atom. The lowest BCUT2D eigenvalue weighted by Crippen LogP contribution is -2.38. The molecule has 298 valence electrons. The van der Waals surface area contributed by atoms with Crippen LogP contribution in [0.25, 0.3) is 0 Å². The second-order valence-corrected chi connectivity index (χ2v) is 13.2. The number of hydrogen-bond acceptors (Lipinski definition) is 18. The number of hydrogen-bond donors (Lipinski definition) is 11. The van der Waals surface area contributed by atoms with Crippen LogP contribution in [0.1, 0.15) is 91.6 Å².